The average Bonchev–Trinajstić information content (AvgIpc) is 2.69. The first-order chi connectivity index (χ1) is 13.7. The molecule has 2 aromatic rings. The van der Waals surface area contributed by atoms with Crippen molar-refractivity contribution in [2.24, 2.45) is 0 Å². The fourth-order valence-corrected chi connectivity index (χ4v) is 3.97. The monoisotopic (exact) mass is 419 g/mol. The third-order valence-corrected chi connectivity index (χ3v) is 5.43. The molecule has 0 aliphatic carbocycles. The van der Waals surface area contributed by atoms with Gasteiger partial charge < -0.3 is 5.32 Å². The van der Waals surface area contributed by atoms with E-state index < -0.39 is 15.5 Å². The van der Waals surface area contributed by atoms with Crippen LogP contribution in [0.3, 0.4) is 0 Å². The molecule has 0 unspecified atom stereocenters. The Morgan fingerprint density at radius 2 is 1.55 bits per heavy atom. The molecule has 1 fully saturated rings. The van der Waals surface area contributed by atoms with Crippen molar-refractivity contribution in [3.05, 3.63) is 71.8 Å². The van der Waals surface area contributed by atoms with E-state index in [0.717, 1.165) is 31.5 Å². The molecular weight excluding hydrogens is 390 g/mol. The molecule has 1 aliphatic rings. The molecule has 8 heteroatoms. The minimum Gasteiger partial charge on any atom is -0.317 e. The van der Waals surface area contributed by atoms with Gasteiger partial charge in [-0.3, -0.25) is 14.8 Å². The fourth-order valence-electron chi connectivity index (χ4n) is 3.35. The number of carbonyl (C=O) groups is 1. The molecule has 1 heterocycles. The van der Waals surface area contributed by atoms with Crippen molar-refractivity contribution in [1.82, 2.24) is 15.8 Å². The summed E-state index contributed by atoms with van der Waals surface area (Å²) in [4.78, 5) is 12.6. The van der Waals surface area contributed by atoms with Crippen LogP contribution >= 0.6 is 0 Å². The van der Waals surface area contributed by atoms with Crippen molar-refractivity contribution < 1.29 is 17.8 Å². The van der Waals surface area contributed by atoms with Gasteiger partial charge in [0.1, 0.15) is 5.75 Å². The Labute approximate surface area is 172 Å². The fraction of sp³-hybridized carbons (Fsp3) is 0.381. The smallest absolute Gasteiger partial charge is 0.269 e. The van der Waals surface area contributed by atoms with Gasteiger partial charge in [0, 0.05) is 14.1 Å². The van der Waals surface area contributed by atoms with Crippen LogP contribution in [0.15, 0.2) is 60.7 Å². The van der Waals surface area contributed by atoms with Gasteiger partial charge in [0.05, 0.1) is 5.41 Å². The Balaban J connectivity index is 0.000000234. The van der Waals surface area contributed by atoms with Crippen LogP contribution in [-0.4, -0.2) is 51.1 Å². The summed E-state index contributed by atoms with van der Waals surface area (Å²) in [6.45, 7) is 1.77. The van der Waals surface area contributed by atoms with Crippen LogP contribution in [-0.2, 0) is 26.1 Å². The van der Waals surface area contributed by atoms with Gasteiger partial charge >= 0.3 is 0 Å². The van der Waals surface area contributed by atoms with E-state index in [9.17, 15) is 13.2 Å². The first-order valence-electron chi connectivity index (χ1n) is 9.47. The lowest BCUT2D eigenvalue weighted by Gasteiger charge is -2.37. The molecule has 3 N–H and O–H groups in total. The second kappa shape index (κ2) is 10.5. The first kappa shape index (κ1) is 23.0. The highest BCUT2D eigenvalue weighted by Gasteiger charge is 2.41. The third kappa shape index (κ3) is 7.25. The van der Waals surface area contributed by atoms with Crippen LogP contribution in [0.4, 0.5) is 0 Å². The van der Waals surface area contributed by atoms with Crippen molar-refractivity contribution >= 4 is 16.0 Å². The number of rotatable bonds is 5. The summed E-state index contributed by atoms with van der Waals surface area (Å²) in [7, 11) is -0.187. The largest absolute Gasteiger partial charge is 0.317 e. The van der Waals surface area contributed by atoms with Crippen LogP contribution in [0.5, 0.6) is 0 Å². The van der Waals surface area contributed by atoms with Crippen LogP contribution in [0, 0.1) is 0 Å². The number of nitrogens with zero attached hydrogens (tertiary/aromatic N) is 1. The summed E-state index contributed by atoms with van der Waals surface area (Å²) >= 11 is 0. The number of hydrogen-bond acceptors (Lipinski definition) is 5. The lowest BCUT2D eigenvalue weighted by molar-refractivity contribution is -0.131. The van der Waals surface area contributed by atoms with Gasteiger partial charge in [-0.1, -0.05) is 60.7 Å². The van der Waals surface area contributed by atoms with Crippen LogP contribution in [0.2, 0.25) is 0 Å². The number of nitrogens with one attached hydrogen (secondary N) is 2. The van der Waals surface area contributed by atoms with E-state index in [1.165, 1.54) is 0 Å². The average molecular weight is 420 g/mol. The lowest BCUT2D eigenvalue weighted by atomic mass is 9.72. The van der Waals surface area contributed by atoms with Crippen LogP contribution in [0.25, 0.3) is 0 Å². The number of piperidine rings is 1. The molecule has 0 spiro atoms. The molecule has 29 heavy (non-hydrogen) atoms. The van der Waals surface area contributed by atoms with Crippen LogP contribution < -0.4 is 10.7 Å². The Bertz CT molecular complexity index is 865. The SMILES string of the molecule is CN(C)NC(=O)C1(c2ccccc2)CCNCC1.O=S(=O)(O)Cc1ccccc1. The molecular formula is C21H29N3O4S. The van der Waals surface area contributed by atoms with Crippen molar-refractivity contribution in [3.63, 3.8) is 0 Å². The van der Waals surface area contributed by atoms with E-state index in [2.05, 4.69) is 22.9 Å². The summed E-state index contributed by atoms with van der Waals surface area (Å²) in [5, 5.41) is 5.04. The Kier molecular flexibility index (Phi) is 8.33. The highest BCUT2D eigenvalue weighted by molar-refractivity contribution is 7.85. The molecule has 158 valence electrons. The molecule has 0 radical (unpaired) electrons. The second-order valence-corrected chi connectivity index (χ2v) is 8.70. The summed E-state index contributed by atoms with van der Waals surface area (Å²) in [5.41, 5.74) is 4.24. The normalized spacial score (nSPS) is 15.9. The quantitative estimate of drug-likeness (QED) is 0.506. The number of hydrogen-bond donors (Lipinski definition) is 3. The Hall–Kier alpha value is -2.26. The molecule has 0 atom stereocenters. The second-order valence-electron chi connectivity index (χ2n) is 7.25. The van der Waals surface area contributed by atoms with Gasteiger partial charge in [-0.25, -0.2) is 5.01 Å². The minimum absolute atomic E-state index is 0.0974. The predicted octanol–water partition coefficient (Wildman–Crippen LogP) is 1.97. The van der Waals surface area contributed by atoms with Crippen LogP contribution in [0.1, 0.15) is 24.0 Å². The topological polar surface area (TPSA) is 98.7 Å². The van der Waals surface area contributed by atoms with Gasteiger partial charge in [0.15, 0.2) is 0 Å². The van der Waals surface area contributed by atoms with Crippen molar-refractivity contribution in [1.29, 1.82) is 0 Å². The molecule has 0 bridgehead atoms. The van der Waals surface area contributed by atoms with E-state index >= 15 is 0 Å². The maximum absolute atomic E-state index is 12.6. The molecule has 1 saturated heterocycles. The van der Waals surface area contributed by atoms with Gasteiger partial charge in [0.2, 0.25) is 5.91 Å². The zero-order chi connectivity index (χ0) is 21.3. The van der Waals surface area contributed by atoms with E-state index in [4.69, 9.17) is 4.55 Å². The van der Waals surface area contributed by atoms with E-state index in [0.29, 0.717) is 5.56 Å². The Morgan fingerprint density at radius 1 is 1.03 bits per heavy atom. The number of benzene rings is 2. The molecule has 2 aromatic carbocycles. The van der Waals surface area contributed by atoms with E-state index in [1.807, 2.05) is 32.3 Å². The summed E-state index contributed by atoms with van der Waals surface area (Å²) in [6, 6.07) is 18.6. The minimum atomic E-state index is -3.88. The number of carbonyl (C=O) groups excluding carboxylic acids is 1. The first-order valence-corrected chi connectivity index (χ1v) is 11.1. The highest BCUT2D eigenvalue weighted by Crippen LogP contribution is 2.33. The number of hydrazine groups is 1. The van der Waals surface area contributed by atoms with Gasteiger partial charge in [-0.05, 0) is 37.1 Å². The zero-order valence-corrected chi connectivity index (χ0v) is 17.7. The maximum Gasteiger partial charge on any atom is 0.269 e. The van der Waals surface area contributed by atoms with Crippen molar-refractivity contribution in [3.8, 4) is 0 Å². The highest BCUT2D eigenvalue weighted by atomic mass is 32.2. The van der Waals surface area contributed by atoms with Gasteiger partial charge in [0.25, 0.3) is 10.1 Å². The van der Waals surface area contributed by atoms with Gasteiger partial charge in [-0.15, -0.1) is 0 Å². The van der Waals surface area contributed by atoms with Crippen molar-refractivity contribution in [2.45, 2.75) is 24.0 Å². The Morgan fingerprint density at radius 3 is 2.03 bits per heavy atom. The van der Waals surface area contributed by atoms with Crippen molar-refractivity contribution in [2.75, 3.05) is 27.2 Å². The maximum atomic E-state index is 12.6. The molecule has 3 rings (SSSR count). The molecule has 1 amide bonds. The number of amides is 1. The standard InChI is InChI=1S/C14H21N3O.C7H8O3S/c1-17(2)16-13(18)14(8-10-15-11-9-14)12-6-4-3-5-7-12;8-11(9,10)6-7-4-2-1-3-5-7/h3-7,15H,8-11H2,1-2H3,(H,16,18);1-5H,6H2,(H,8,9,10). The van der Waals surface area contributed by atoms with E-state index in [1.54, 1.807) is 35.3 Å². The summed E-state index contributed by atoms with van der Waals surface area (Å²) in [6.07, 6.45) is 1.69. The zero-order valence-electron chi connectivity index (χ0n) is 16.8. The lowest BCUT2D eigenvalue weighted by Crippen LogP contribution is -2.53. The third-order valence-electron chi connectivity index (χ3n) is 4.74. The van der Waals surface area contributed by atoms with E-state index in [-0.39, 0.29) is 11.7 Å². The summed E-state index contributed by atoms with van der Waals surface area (Å²) in [5.74, 6) is -0.214. The summed E-state index contributed by atoms with van der Waals surface area (Å²) < 4.78 is 29.2. The molecule has 0 aromatic heterocycles. The van der Waals surface area contributed by atoms with Gasteiger partial charge in [-0.2, -0.15) is 8.42 Å². The molecule has 1 aliphatic heterocycles. The predicted molar refractivity (Wildman–Crippen MR) is 114 cm³/mol. The molecule has 0 saturated carbocycles. The molecule has 7 nitrogen and oxygen atoms in total.